The molecule has 120 valence electrons. The van der Waals surface area contributed by atoms with Gasteiger partial charge >= 0.3 is 0 Å². The van der Waals surface area contributed by atoms with E-state index in [0.29, 0.717) is 11.4 Å². The minimum atomic E-state index is -3.40. The Labute approximate surface area is 129 Å². The fourth-order valence-corrected chi connectivity index (χ4v) is 3.96. The van der Waals surface area contributed by atoms with E-state index in [9.17, 15) is 8.42 Å². The second kappa shape index (κ2) is 8.51. The van der Waals surface area contributed by atoms with Crippen LogP contribution in [0, 0.1) is 0 Å². The molecule has 4 nitrogen and oxygen atoms in total. The third-order valence-electron chi connectivity index (χ3n) is 3.73. The van der Waals surface area contributed by atoms with Gasteiger partial charge in [-0.3, -0.25) is 0 Å². The highest BCUT2D eigenvalue weighted by Gasteiger charge is 2.27. The van der Waals surface area contributed by atoms with Crippen molar-refractivity contribution in [2.75, 3.05) is 13.6 Å². The largest absolute Gasteiger partial charge is 0.316 e. The maximum atomic E-state index is 12.8. The van der Waals surface area contributed by atoms with Crippen molar-refractivity contribution in [1.29, 1.82) is 0 Å². The number of unbranched alkanes of at least 4 members (excludes halogenated alkanes) is 1. The SMILES string of the molecule is CCCCN(C(C)CC)S(=O)(=O)c1ccc(CNC)cc1. The quantitative estimate of drug-likeness (QED) is 0.762. The molecule has 1 rings (SSSR count). The van der Waals surface area contributed by atoms with Gasteiger partial charge in [-0.25, -0.2) is 8.42 Å². The van der Waals surface area contributed by atoms with Crippen molar-refractivity contribution in [3.05, 3.63) is 29.8 Å². The van der Waals surface area contributed by atoms with Gasteiger partial charge in [0.05, 0.1) is 4.90 Å². The predicted molar refractivity (Wildman–Crippen MR) is 87.8 cm³/mol. The summed E-state index contributed by atoms with van der Waals surface area (Å²) in [6.07, 6.45) is 2.70. The highest BCUT2D eigenvalue weighted by molar-refractivity contribution is 7.89. The Morgan fingerprint density at radius 2 is 1.81 bits per heavy atom. The first kappa shape index (κ1) is 18.1. The van der Waals surface area contributed by atoms with Crippen molar-refractivity contribution >= 4 is 10.0 Å². The third-order valence-corrected chi connectivity index (χ3v) is 5.75. The Morgan fingerprint density at radius 1 is 1.19 bits per heavy atom. The predicted octanol–water partition coefficient (Wildman–Crippen LogP) is 3.00. The van der Waals surface area contributed by atoms with E-state index < -0.39 is 10.0 Å². The zero-order chi connectivity index (χ0) is 15.9. The van der Waals surface area contributed by atoms with Crippen LogP contribution in [-0.4, -0.2) is 32.4 Å². The molecule has 0 aliphatic carbocycles. The van der Waals surface area contributed by atoms with Gasteiger partial charge in [-0.1, -0.05) is 32.4 Å². The minimum Gasteiger partial charge on any atom is -0.316 e. The molecule has 21 heavy (non-hydrogen) atoms. The van der Waals surface area contributed by atoms with Crippen LogP contribution in [0.5, 0.6) is 0 Å². The van der Waals surface area contributed by atoms with Crippen molar-refractivity contribution in [2.45, 2.75) is 57.5 Å². The number of benzene rings is 1. The lowest BCUT2D eigenvalue weighted by Gasteiger charge is -2.27. The highest BCUT2D eigenvalue weighted by atomic mass is 32.2. The summed E-state index contributed by atoms with van der Waals surface area (Å²) in [5.74, 6) is 0. The lowest BCUT2D eigenvalue weighted by atomic mass is 10.2. The van der Waals surface area contributed by atoms with Crippen molar-refractivity contribution in [3.8, 4) is 0 Å². The Bertz CT molecular complexity index is 512. The zero-order valence-electron chi connectivity index (χ0n) is 13.6. The first-order valence-electron chi connectivity index (χ1n) is 7.72. The zero-order valence-corrected chi connectivity index (χ0v) is 14.4. The van der Waals surface area contributed by atoms with Crippen LogP contribution in [-0.2, 0) is 16.6 Å². The average Bonchev–Trinajstić information content (AvgIpc) is 2.48. The summed E-state index contributed by atoms with van der Waals surface area (Å²) in [6, 6.07) is 7.20. The fourth-order valence-electron chi connectivity index (χ4n) is 2.21. The molecular formula is C16H28N2O2S. The van der Waals surface area contributed by atoms with Gasteiger partial charge in [0.2, 0.25) is 10.0 Å². The molecule has 0 aliphatic rings. The van der Waals surface area contributed by atoms with Crippen LogP contribution < -0.4 is 5.32 Å². The molecule has 0 radical (unpaired) electrons. The van der Waals surface area contributed by atoms with Crippen molar-refractivity contribution in [3.63, 3.8) is 0 Å². The number of hydrogen-bond acceptors (Lipinski definition) is 3. The molecule has 0 fully saturated rings. The smallest absolute Gasteiger partial charge is 0.243 e. The molecule has 0 aliphatic heterocycles. The van der Waals surface area contributed by atoms with Gasteiger partial charge in [0.25, 0.3) is 0 Å². The van der Waals surface area contributed by atoms with Gasteiger partial charge in [0.15, 0.2) is 0 Å². The van der Waals surface area contributed by atoms with Crippen LogP contribution in [0.3, 0.4) is 0 Å². The number of nitrogens with one attached hydrogen (secondary N) is 1. The first-order chi connectivity index (χ1) is 9.97. The maximum Gasteiger partial charge on any atom is 0.243 e. The Kier molecular flexibility index (Phi) is 7.35. The van der Waals surface area contributed by atoms with Crippen LogP contribution in [0.2, 0.25) is 0 Å². The Balaban J connectivity index is 3.03. The molecule has 0 bridgehead atoms. The number of rotatable bonds is 9. The van der Waals surface area contributed by atoms with E-state index in [2.05, 4.69) is 12.2 Å². The molecule has 0 amide bonds. The molecule has 5 heteroatoms. The summed E-state index contributed by atoms with van der Waals surface area (Å²) in [5, 5.41) is 3.06. The normalized spacial score (nSPS) is 13.6. The molecule has 1 unspecified atom stereocenters. The van der Waals surface area contributed by atoms with E-state index in [1.54, 1.807) is 16.4 Å². The van der Waals surface area contributed by atoms with Gasteiger partial charge in [-0.05, 0) is 44.5 Å². The van der Waals surface area contributed by atoms with Crippen LogP contribution in [0.25, 0.3) is 0 Å². The lowest BCUT2D eigenvalue weighted by Crippen LogP contribution is -2.39. The summed E-state index contributed by atoms with van der Waals surface area (Å²) in [6.45, 7) is 7.41. The second-order valence-corrected chi connectivity index (χ2v) is 7.29. The molecule has 1 atom stereocenters. The van der Waals surface area contributed by atoms with E-state index in [-0.39, 0.29) is 6.04 Å². The molecule has 0 saturated carbocycles. The van der Waals surface area contributed by atoms with Crippen molar-refractivity contribution in [1.82, 2.24) is 9.62 Å². The Morgan fingerprint density at radius 3 is 2.29 bits per heavy atom. The summed E-state index contributed by atoms with van der Waals surface area (Å²) in [4.78, 5) is 0.388. The van der Waals surface area contributed by atoms with Crippen molar-refractivity contribution < 1.29 is 8.42 Å². The first-order valence-corrected chi connectivity index (χ1v) is 9.16. The summed E-state index contributed by atoms with van der Waals surface area (Å²) >= 11 is 0. The standard InChI is InChI=1S/C16H28N2O2S/c1-5-7-12-18(14(3)6-2)21(19,20)16-10-8-15(9-11-16)13-17-4/h8-11,14,17H,5-7,12-13H2,1-4H3. The van der Waals surface area contributed by atoms with Crippen LogP contribution >= 0.6 is 0 Å². The van der Waals surface area contributed by atoms with Crippen LogP contribution in [0.4, 0.5) is 0 Å². The van der Waals surface area contributed by atoms with Crippen molar-refractivity contribution in [2.24, 2.45) is 0 Å². The van der Waals surface area contributed by atoms with Gasteiger partial charge in [-0.15, -0.1) is 0 Å². The van der Waals surface area contributed by atoms with E-state index in [0.717, 1.165) is 31.4 Å². The Hall–Kier alpha value is -0.910. The highest BCUT2D eigenvalue weighted by Crippen LogP contribution is 2.21. The lowest BCUT2D eigenvalue weighted by molar-refractivity contribution is 0.324. The molecular weight excluding hydrogens is 284 g/mol. The number of hydrogen-bond donors (Lipinski definition) is 1. The monoisotopic (exact) mass is 312 g/mol. The number of sulfonamides is 1. The fraction of sp³-hybridized carbons (Fsp3) is 0.625. The van der Waals surface area contributed by atoms with E-state index in [4.69, 9.17) is 0 Å². The van der Waals surface area contributed by atoms with E-state index in [1.807, 2.05) is 33.0 Å². The topological polar surface area (TPSA) is 49.4 Å². The maximum absolute atomic E-state index is 12.8. The van der Waals surface area contributed by atoms with Crippen LogP contribution in [0.15, 0.2) is 29.2 Å². The molecule has 1 N–H and O–H groups in total. The van der Waals surface area contributed by atoms with Gasteiger partial charge in [-0.2, -0.15) is 4.31 Å². The molecule has 1 aromatic carbocycles. The van der Waals surface area contributed by atoms with Gasteiger partial charge in [0, 0.05) is 19.1 Å². The van der Waals surface area contributed by atoms with E-state index in [1.165, 1.54) is 0 Å². The average molecular weight is 312 g/mol. The van der Waals surface area contributed by atoms with Gasteiger partial charge in [0.1, 0.15) is 0 Å². The van der Waals surface area contributed by atoms with Crippen LogP contribution in [0.1, 0.15) is 45.6 Å². The molecule has 0 aromatic heterocycles. The number of nitrogens with zero attached hydrogens (tertiary/aromatic N) is 1. The minimum absolute atomic E-state index is 0.0264. The summed E-state index contributed by atoms with van der Waals surface area (Å²) in [7, 11) is -1.53. The summed E-state index contributed by atoms with van der Waals surface area (Å²) in [5.41, 5.74) is 1.08. The molecule has 0 spiro atoms. The second-order valence-electron chi connectivity index (χ2n) is 5.40. The molecule has 0 heterocycles. The third kappa shape index (κ3) is 4.80. The van der Waals surface area contributed by atoms with Gasteiger partial charge < -0.3 is 5.32 Å². The molecule has 0 saturated heterocycles. The molecule has 1 aromatic rings. The van der Waals surface area contributed by atoms with E-state index >= 15 is 0 Å². The summed E-state index contributed by atoms with van der Waals surface area (Å²) < 4.78 is 27.3.